The van der Waals surface area contributed by atoms with Gasteiger partial charge in [-0.3, -0.25) is 4.98 Å². The first kappa shape index (κ1) is 24.3. The number of fused-ring (bicyclic) bond motifs is 1. The number of nitrogens with one attached hydrogen (secondary N) is 1. The normalized spacial score (nSPS) is 16.2. The van der Waals surface area contributed by atoms with Gasteiger partial charge in [0.2, 0.25) is 0 Å². The van der Waals surface area contributed by atoms with Crippen molar-refractivity contribution in [2.45, 2.75) is 6.92 Å². The lowest BCUT2D eigenvalue weighted by atomic mass is 10.1. The monoisotopic (exact) mass is 517 g/mol. The van der Waals surface area contributed by atoms with Crippen molar-refractivity contribution >= 4 is 39.6 Å². The van der Waals surface area contributed by atoms with Crippen molar-refractivity contribution in [1.82, 2.24) is 15.0 Å². The Morgan fingerprint density at radius 3 is 2.32 bits per heavy atom. The van der Waals surface area contributed by atoms with E-state index in [1.165, 1.54) is 6.07 Å². The minimum absolute atomic E-state index is 0.251. The van der Waals surface area contributed by atoms with Crippen LogP contribution in [-0.4, -0.2) is 67.4 Å². The number of pyridine rings is 3. The molecule has 2 aliphatic rings. The molecule has 1 N–H and O–H groups in total. The SMILES string of the molecule is Cc1c(N2CCN(c3cccnc3)CC2)nc2cc(F)cc(F)c2c1Nc1ccc(N2CCOCC2)cn1. The Balaban J connectivity index is 1.31. The zero-order valence-corrected chi connectivity index (χ0v) is 21.2. The number of halogens is 2. The van der Waals surface area contributed by atoms with Gasteiger partial charge in [-0.1, -0.05) is 0 Å². The first-order valence-electron chi connectivity index (χ1n) is 12.8. The highest BCUT2D eigenvalue weighted by molar-refractivity contribution is 5.97. The number of ether oxygens (including phenoxy) is 1. The van der Waals surface area contributed by atoms with Crippen LogP contribution >= 0.6 is 0 Å². The van der Waals surface area contributed by atoms with E-state index in [4.69, 9.17) is 9.72 Å². The van der Waals surface area contributed by atoms with Crippen molar-refractivity contribution in [3.05, 3.63) is 72.2 Å². The van der Waals surface area contributed by atoms with E-state index >= 15 is 4.39 Å². The average Bonchev–Trinajstić information content (AvgIpc) is 2.96. The number of morpholine rings is 1. The van der Waals surface area contributed by atoms with Crippen molar-refractivity contribution in [2.24, 2.45) is 0 Å². The fourth-order valence-electron chi connectivity index (χ4n) is 5.17. The first-order chi connectivity index (χ1) is 18.6. The Morgan fingerprint density at radius 1 is 0.868 bits per heavy atom. The summed E-state index contributed by atoms with van der Waals surface area (Å²) in [5, 5.41) is 3.57. The molecule has 0 amide bonds. The van der Waals surface area contributed by atoms with Gasteiger partial charge in [-0.2, -0.15) is 0 Å². The maximum Gasteiger partial charge on any atom is 0.137 e. The van der Waals surface area contributed by atoms with Crippen molar-refractivity contribution < 1.29 is 13.5 Å². The molecule has 0 atom stereocenters. The Bertz CT molecular complexity index is 1420. The predicted octanol–water partition coefficient (Wildman–Crippen LogP) is 4.52. The van der Waals surface area contributed by atoms with E-state index in [1.807, 2.05) is 37.4 Å². The zero-order chi connectivity index (χ0) is 26.1. The summed E-state index contributed by atoms with van der Waals surface area (Å²) in [5.74, 6) is -0.0249. The van der Waals surface area contributed by atoms with Gasteiger partial charge in [0.1, 0.15) is 23.3 Å². The van der Waals surface area contributed by atoms with Crippen molar-refractivity contribution in [3.8, 4) is 0 Å². The summed E-state index contributed by atoms with van der Waals surface area (Å²) in [5.41, 5.74) is 3.69. The van der Waals surface area contributed by atoms with E-state index in [0.717, 1.165) is 62.3 Å². The molecule has 3 aromatic heterocycles. The van der Waals surface area contributed by atoms with Crippen LogP contribution in [0.5, 0.6) is 0 Å². The van der Waals surface area contributed by atoms with Gasteiger partial charge in [0, 0.05) is 63.2 Å². The lowest BCUT2D eigenvalue weighted by molar-refractivity contribution is 0.122. The van der Waals surface area contributed by atoms with E-state index < -0.39 is 11.6 Å². The zero-order valence-electron chi connectivity index (χ0n) is 21.2. The van der Waals surface area contributed by atoms with Crippen LogP contribution in [0.1, 0.15) is 5.56 Å². The van der Waals surface area contributed by atoms with Gasteiger partial charge in [0.25, 0.3) is 0 Å². The Morgan fingerprint density at radius 2 is 1.61 bits per heavy atom. The number of benzene rings is 1. The van der Waals surface area contributed by atoms with Gasteiger partial charge in [-0.25, -0.2) is 18.7 Å². The number of anilines is 5. The third-order valence-electron chi connectivity index (χ3n) is 7.19. The third kappa shape index (κ3) is 4.79. The molecular weight excluding hydrogens is 488 g/mol. The summed E-state index contributed by atoms with van der Waals surface area (Å²) in [6.07, 6.45) is 5.43. The Hall–Kier alpha value is -4.05. The topological polar surface area (TPSA) is 69.7 Å². The molecular formula is C28H29F2N7O. The molecule has 10 heteroatoms. The number of piperazine rings is 1. The quantitative estimate of drug-likeness (QED) is 0.415. The molecule has 0 radical (unpaired) electrons. The molecule has 0 saturated carbocycles. The molecule has 0 spiro atoms. The molecule has 0 unspecified atom stereocenters. The summed E-state index contributed by atoms with van der Waals surface area (Å²) in [7, 11) is 0. The van der Waals surface area contributed by atoms with Crippen LogP contribution in [0.2, 0.25) is 0 Å². The summed E-state index contributed by atoms with van der Waals surface area (Å²) in [4.78, 5) is 20.2. The molecule has 6 rings (SSSR count). The van der Waals surface area contributed by atoms with Crippen LogP contribution in [0.15, 0.2) is 55.0 Å². The van der Waals surface area contributed by atoms with Gasteiger partial charge < -0.3 is 24.8 Å². The molecule has 0 aliphatic carbocycles. The van der Waals surface area contributed by atoms with Crippen LogP contribution in [0.4, 0.5) is 37.5 Å². The van der Waals surface area contributed by atoms with Gasteiger partial charge in [0.15, 0.2) is 0 Å². The molecule has 38 heavy (non-hydrogen) atoms. The summed E-state index contributed by atoms with van der Waals surface area (Å²) in [6, 6.07) is 10.0. The summed E-state index contributed by atoms with van der Waals surface area (Å²) in [6.45, 7) is 7.95. The minimum Gasteiger partial charge on any atom is -0.378 e. The maximum atomic E-state index is 15.1. The van der Waals surface area contributed by atoms with E-state index in [2.05, 4.69) is 30.0 Å². The fraction of sp³-hybridized carbons (Fsp3) is 0.321. The van der Waals surface area contributed by atoms with Gasteiger partial charge in [0.05, 0.1) is 53.6 Å². The molecule has 2 saturated heterocycles. The fourth-order valence-corrected chi connectivity index (χ4v) is 5.17. The summed E-state index contributed by atoms with van der Waals surface area (Å²) >= 11 is 0. The van der Waals surface area contributed by atoms with Crippen molar-refractivity contribution in [2.75, 3.05) is 72.5 Å². The number of hydrogen-bond acceptors (Lipinski definition) is 8. The molecule has 1 aromatic carbocycles. The van der Waals surface area contributed by atoms with E-state index in [9.17, 15) is 4.39 Å². The van der Waals surface area contributed by atoms with Crippen LogP contribution in [0.25, 0.3) is 10.9 Å². The number of aromatic nitrogens is 3. The number of hydrogen-bond donors (Lipinski definition) is 1. The second kappa shape index (κ2) is 10.4. The van der Waals surface area contributed by atoms with Crippen LogP contribution < -0.4 is 20.0 Å². The molecule has 196 valence electrons. The lowest BCUT2D eigenvalue weighted by Gasteiger charge is -2.37. The smallest absolute Gasteiger partial charge is 0.137 e. The number of nitrogens with zero attached hydrogens (tertiary/aromatic N) is 6. The second-order valence-electron chi connectivity index (χ2n) is 9.53. The number of rotatable bonds is 5. The highest BCUT2D eigenvalue weighted by Crippen LogP contribution is 2.37. The molecule has 4 aromatic rings. The molecule has 0 bridgehead atoms. The largest absolute Gasteiger partial charge is 0.378 e. The van der Waals surface area contributed by atoms with E-state index in [-0.39, 0.29) is 10.9 Å². The molecule has 2 aliphatic heterocycles. The van der Waals surface area contributed by atoms with Crippen LogP contribution in [0, 0.1) is 18.6 Å². The standard InChI is InChI=1S/C28H29F2N7O/c1-19-27(34-25-5-4-22(18-32-25)36-11-13-38-14-12-36)26-23(30)15-20(29)16-24(26)33-28(19)37-9-7-35(8-10-37)21-3-2-6-31-17-21/h2-6,15-18H,7-14H2,1H3,(H,32,33,34). The second-order valence-corrected chi connectivity index (χ2v) is 9.53. The molecule has 8 nitrogen and oxygen atoms in total. The van der Waals surface area contributed by atoms with Crippen molar-refractivity contribution in [3.63, 3.8) is 0 Å². The Labute approximate surface area is 219 Å². The van der Waals surface area contributed by atoms with Crippen LogP contribution in [0.3, 0.4) is 0 Å². The molecule has 5 heterocycles. The van der Waals surface area contributed by atoms with E-state index in [1.54, 1.807) is 12.4 Å². The summed E-state index contributed by atoms with van der Waals surface area (Å²) < 4.78 is 34.8. The third-order valence-corrected chi connectivity index (χ3v) is 7.19. The Kier molecular flexibility index (Phi) is 6.63. The van der Waals surface area contributed by atoms with Gasteiger partial charge in [-0.15, -0.1) is 0 Å². The highest BCUT2D eigenvalue weighted by atomic mass is 19.1. The minimum atomic E-state index is -0.656. The van der Waals surface area contributed by atoms with Crippen LogP contribution in [-0.2, 0) is 4.74 Å². The highest BCUT2D eigenvalue weighted by Gasteiger charge is 2.24. The first-order valence-corrected chi connectivity index (χ1v) is 12.8. The predicted molar refractivity (Wildman–Crippen MR) is 146 cm³/mol. The van der Waals surface area contributed by atoms with Gasteiger partial charge >= 0.3 is 0 Å². The lowest BCUT2D eigenvalue weighted by Crippen LogP contribution is -2.47. The average molecular weight is 518 g/mol. The van der Waals surface area contributed by atoms with Gasteiger partial charge in [-0.05, 0) is 31.2 Å². The van der Waals surface area contributed by atoms with E-state index in [0.29, 0.717) is 30.5 Å². The maximum absolute atomic E-state index is 15.1. The molecule has 2 fully saturated rings. The van der Waals surface area contributed by atoms with Crippen molar-refractivity contribution in [1.29, 1.82) is 0 Å².